The van der Waals surface area contributed by atoms with E-state index < -0.39 is 0 Å². The predicted molar refractivity (Wildman–Crippen MR) is 123 cm³/mol. The largest absolute Gasteiger partial charge is 0.508 e. The molecule has 5 heteroatoms. The second kappa shape index (κ2) is 12.2. The third-order valence-electron chi connectivity index (χ3n) is 5.26. The highest BCUT2D eigenvalue weighted by Gasteiger charge is 2.19. The van der Waals surface area contributed by atoms with Gasteiger partial charge in [0.2, 0.25) is 0 Å². The van der Waals surface area contributed by atoms with Crippen LogP contribution < -0.4 is 10.2 Å². The van der Waals surface area contributed by atoms with Gasteiger partial charge in [-0.2, -0.15) is 0 Å². The van der Waals surface area contributed by atoms with Gasteiger partial charge >= 0.3 is 5.97 Å². The van der Waals surface area contributed by atoms with Crippen LogP contribution >= 0.6 is 0 Å². The van der Waals surface area contributed by atoms with Crippen molar-refractivity contribution in [2.75, 3.05) is 32.1 Å². The molecule has 0 heterocycles. The molecule has 0 spiro atoms. The number of nitrogens with one attached hydrogen (secondary N) is 1. The number of para-hydroxylation sites is 1. The number of phenols is 1. The fraction of sp³-hybridized carbons (Fsp3) is 0.480. The summed E-state index contributed by atoms with van der Waals surface area (Å²) in [6.07, 6.45) is 4.52. The highest BCUT2D eigenvalue weighted by atomic mass is 16.5. The molecule has 2 aromatic rings. The lowest BCUT2D eigenvalue weighted by atomic mass is 9.93. The number of hydrogen-bond acceptors (Lipinski definition) is 5. The molecule has 0 bridgehead atoms. The molecule has 2 N–H and O–H groups in total. The summed E-state index contributed by atoms with van der Waals surface area (Å²) >= 11 is 0. The fourth-order valence-corrected chi connectivity index (χ4v) is 3.74. The predicted octanol–water partition coefficient (Wildman–Crippen LogP) is 4.96. The molecule has 0 saturated carbocycles. The van der Waals surface area contributed by atoms with Crippen molar-refractivity contribution in [2.24, 2.45) is 0 Å². The van der Waals surface area contributed by atoms with E-state index in [1.54, 1.807) is 6.07 Å². The topological polar surface area (TPSA) is 61.8 Å². The van der Waals surface area contributed by atoms with E-state index >= 15 is 0 Å². The first-order chi connectivity index (χ1) is 14.4. The van der Waals surface area contributed by atoms with E-state index in [0.29, 0.717) is 13.0 Å². The number of aromatic hydroxyl groups is 1. The Kier molecular flexibility index (Phi) is 9.68. The Morgan fingerprint density at radius 3 is 2.50 bits per heavy atom. The number of anilines is 1. The quantitative estimate of drug-likeness (QED) is 0.381. The van der Waals surface area contributed by atoms with Crippen LogP contribution in [0.2, 0.25) is 0 Å². The van der Waals surface area contributed by atoms with Crippen LogP contribution in [-0.4, -0.2) is 38.3 Å². The highest BCUT2D eigenvalue weighted by Crippen LogP contribution is 2.32. The molecule has 5 nitrogen and oxygen atoms in total. The summed E-state index contributed by atoms with van der Waals surface area (Å²) in [5, 5.41) is 13.6. The van der Waals surface area contributed by atoms with Crippen LogP contribution in [0.25, 0.3) is 0 Å². The van der Waals surface area contributed by atoms with E-state index in [1.165, 1.54) is 16.8 Å². The van der Waals surface area contributed by atoms with E-state index in [1.807, 2.05) is 26.0 Å². The molecule has 0 aliphatic heterocycles. The van der Waals surface area contributed by atoms with Gasteiger partial charge < -0.3 is 20.1 Å². The van der Waals surface area contributed by atoms with Crippen molar-refractivity contribution < 1.29 is 14.6 Å². The van der Waals surface area contributed by atoms with Crippen molar-refractivity contribution >= 4 is 11.7 Å². The zero-order valence-electron chi connectivity index (χ0n) is 18.8. The van der Waals surface area contributed by atoms with Gasteiger partial charge in [-0.05, 0) is 68.1 Å². The van der Waals surface area contributed by atoms with Gasteiger partial charge in [0.15, 0.2) is 0 Å². The van der Waals surface area contributed by atoms with Crippen LogP contribution in [-0.2, 0) is 9.53 Å². The zero-order chi connectivity index (χ0) is 21.9. The average Bonchev–Trinajstić information content (AvgIpc) is 2.71. The van der Waals surface area contributed by atoms with Crippen LogP contribution in [0.4, 0.5) is 5.69 Å². The summed E-state index contributed by atoms with van der Waals surface area (Å²) in [6, 6.07) is 14.1. The third kappa shape index (κ3) is 7.06. The lowest BCUT2D eigenvalue weighted by molar-refractivity contribution is -0.143. The second-order valence-corrected chi connectivity index (χ2v) is 7.85. The molecular formula is C25H36N2O3. The van der Waals surface area contributed by atoms with Crippen molar-refractivity contribution in [1.82, 2.24) is 5.32 Å². The summed E-state index contributed by atoms with van der Waals surface area (Å²) in [4.78, 5) is 13.6. The standard InChI is InChI=1S/C25H36N2O3/c1-5-30-24(29)14-8-6-7-11-17-26-25(21-16-15-20(28)18-19(21)2)22-12-9-10-13-23(22)27(3)4/h9-10,12-13,15-16,18,25-26,28H,5-8,11,14,17H2,1-4H3. The molecule has 1 unspecified atom stereocenters. The molecular weight excluding hydrogens is 376 g/mol. The Hall–Kier alpha value is -2.53. The monoisotopic (exact) mass is 412 g/mol. The van der Waals surface area contributed by atoms with Crippen LogP contribution in [0.15, 0.2) is 42.5 Å². The van der Waals surface area contributed by atoms with E-state index in [4.69, 9.17) is 4.74 Å². The van der Waals surface area contributed by atoms with Gasteiger partial charge in [-0.3, -0.25) is 4.79 Å². The summed E-state index contributed by atoms with van der Waals surface area (Å²) in [6.45, 7) is 5.21. The number of esters is 1. The minimum absolute atomic E-state index is 0.0451. The van der Waals surface area contributed by atoms with Gasteiger partial charge in [0.25, 0.3) is 0 Å². The van der Waals surface area contributed by atoms with E-state index in [9.17, 15) is 9.90 Å². The molecule has 0 aromatic heterocycles. The number of unbranched alkanes of at least 4 members (excludes halogenated alkanes) is 3. The van der Waals surface area contributed by atoms with Crippen molar-refractivity contribution in [2.45, 2.75) is 52.0 Å². The number of hydrogen-bond donors (Lipinski definition) is 2. The van der Waals surface area contributed by atoms with E-state index in [2.05, 4.69) is 48.6 Å². The van der Waals surface area contributed by atoms with Crippen molar-refractivity contribution in [3.8, 4) is 5.75 Å². The third-order valence-corrected chi connectivity index (χ3v) is 5.26. The molecule has 164 valence electrons. The van der Waals surface area contributed by atoms with Gasteiger partial charge in [-0.1, -0.05) is 37.1 Å². The first-order valence-electron chi connectivity index (χ1n) is 10.9. The maximum absolute atomic E-state index is 11.4. The number of phenolic OH excluding ortho intramolecular Hbond substituents is 1. The molecule has 2 rings (SSSR count). The molecule has 0 amide bonds. The molecule has 0 radical (unpaired) electrons. The van der Waals surface area contributed by atoms with Gasteiger partial charge in [-0.25, -0.2) is 0 Å². The van der Waals surface area contributed by atoms with Crippen molar-refractivity contribution in [1.29, 1.82) is 0 Å². The number of ether oxygens (including phenoxy) is 1. The van der Waals surface area contributed by atoms with Crippen molar-refractivity contribution in [3.63, 3.8) is 0 Å². The molecule has 0 aliphatic carbocycles. The number of rotatable bonds is 12. The van der Waals surface area contributed by atoms with Crippen LogP contribution in [0.5, 0.6) is 5.75 Å². The first kappa shape index (κ1) is 23.7. The summed E-state index contributed by atoms with van der Waals surface area (Å²) in [5.41, 5.74) is 4.63. The van der Waals surface area contributed by atoms with E-state index in [-0.39, 0.29) is 17.8 Å². The number of aryl methyl sites for hydroxylation is 1. The number of carbonyl (C=O) groups excluding carboxylic acids is 1. The Bertz CT molecular complexity index is 805. The zero-order valence-corrected chi connectivity index (χ0v) is 18.8. The first-order valence-corrected chi connectivity index (χ1v) is 10.9. The number of carbonyl (C=O) groups is 1. The second-order valence-electron chi connectivity index (χ2n) is 7.85. The Morgan fingerprint density at radius 1 is 1.07 bits per heavy atom. The summed E-state index contributed by atoms with van der Waals surface area (Å²) in [5.74, 6) is 0.191. The minimum Gasteiger partial charge on any atom is -0.508 e. The maximum Gasteiger partial charge on any atom is 0.305 e. The Labute approximate surface area is 181 Å². The SMILES string of the molecule is CCOC(=O)CCCCCCNC(c1ccc(O)cc1C)c1ccccc1N(C)C. The number of benzene rings is 2. The van der Waals surface area contributed by atoms with Gasteiger partial charge in [0.05, 0.1) is 12.6 Å². The molecule has 0 fully saturated rings. The Balaban J connectivity index is 2.03. The summed E-state index contributed by atoms with van der Waals surface area (Å²) < 4.78 is 4.98. The lowest BCUT2D eigenvalue weighted by Gasteiger charge is -2.27. The maximum atomic E-state index is 11.4. The molecule has 0 aliphatic rings. The Morgan fingerprint density at radius 2 is 1.80 bits per heavy atom. The smallest absolute Gasteiger partial charge is 0.305 e. The minimum atomic E-state index is -0.0983. The van der Waals surface area contributed by atoms with Gasteiger partial charge in [0.1, 0.15) is 5.75 Å². The lowest BCUT2D eigenvalue weighted by Crippen LogP contribution is -2.26. The van der Waals surface area contributed by atoms with Crippen LogP contribution in [0, 0.1) is 6.92 Å². The number of nitrogens with zero attached hydrogens (tertiary/aromatic N) is 1. The molecule has 1 atom stereocenters. The summed E-state index contributed by atoms with van der Waals surface area (Å²) in [7, 11) is 4.12. The fourth-order valence-electron chi connectivity index (χ4n) is 3.74. The molecule has 2 aromatic carbocycles. The van der Waals surface area contributed by atoms with Crippen LogP contribution in [0.1, 0.15) is 61.8 Å². The van der Waals surface area contributed by atoms with Gasteiger partial charge in [0, 0.05) is 26.2 Å². The van der Waals surface area contributed by atoms with Crippen molar-refractivity contribution in [3.05, 3.63) is 59.2 Å². The molecule has 0 saturated heterocycles. The molecule has 30 heavy (non-hydrogen) atoms. The van der Waals surface area contributed by atoms with Gasteiger partial charge in [-0.15, -0.1) is 0 Å². The van der Waals surface area contributed by atoms with Crippen LogP contribution in [0.3, 0.4) is 0 Å². The van der Waals surface area contributed by atoms with E-state index in [0.717, 1.165) is 37.8 Å². The average molecular weight is 413 g/mol. The highest BCUT2D eigenvalue weighted by molar-refractivity contribution is 5.69. The normalized spacial score (nSPS) is 11.9.